The number of pyridine rings is 1. The highest BCUT2D eigenvalue weighted by molar-refractivity contribution is 9.10. The number of anilines is 1. The lowest BCUT2D eigenvalue weighted by Gasteiger charge is -2.12. The molecule has 0 aliphatic carbocycles. The zero-order chi connectivity index (χ0) is 15.6. The smallest absolute Gasteiger partial charge is 0.321 e. The number of carbonyl (C=O) groups is 1. The van der Waals surface area contributed by atoms with E-state index in [1.54, 1.807) is 0 Å². The third-order valence-corrected chi connectivity index (χ3v) is 2.93. The average molecular weight is 363 g/mol. The number of hydrogen-bond acceptors (Lipinski definition) is 2. The van der Waals surface area contributed by atoms with Crippen molar-refractivity contribution in [2.75, 3.05) is 5.32 Å². The van der Waals surface area contributed by atoms with Crippen LogP contribution in [-0.4, -0.2) is 10.9 Å². The number of alkyl halides is 3. The molecule has 3 nitrogen and oxygen atoms in total. The molecule has 0 bridgehead atoms. The maximum absolute atomic E-state index is 12.8. The summed E-state index contributed by atoms with van der Waals surface area (Å²) in [6, 6.07) is 6.48. The van der Waals surface area contributed by atoms with Gasteiger partial charge in [-0.05, 0) is 52.3 Å². The van der Waals surface area contributed by atoms with Crippen LogP contribution in [0.5, 0.6) is 0 Å². The number of rotatable bonds is 2. The molecular formula is C13H7BrF4N2O. The molecule has 0 saturated heterocycles. The summed E-state index contributed by atoms with van der Waals surface area (Å²) in [6.45, 7) is 0. The summed E-state index contributed by atoms with van der Waals surface area (Å²) in [5, 5.41) is 2.24. The van der Waals surface area contributed by atoms with Crippen LogP contribution in [0, 0.1) is 5.82 Å². The van der Waals surface area contributed by atoms with Gasteiger partial charge < -0.3 is 5.32 Å². The van der Waals surface area contributed by atoms with Crippen LogP contribution < -0.4 is 5.32 Å². The van der Waals surface area contributed by atoms with Crippen LogP contribution in [0.15, 0.2) is 41.0 Å². The SMILES string of the molecule is O=C(Nc1ccc(F)cc1)c1nc(Br)ccc1C(F)(F)F. The van der Waals surface area contributed by atoms with Gasteiger partial charge in [0.2, 0.25) is 0 Å². The van der Waals surface area contributed by atoms with Gasteiger partial charge in [-0.1, -0.05) is 0 Å². The van der Waals surface area contributed by atoms with Gasteiger partial charge in [0, 0.05) is 5.69 Å². The molecule has 0 aliphatic heterocycles. The highest BCUT2D eigenvalue weighted by atomic mass is 79.9. The second kappa shape index (κ2) is 5.80. The van der Waals surface area contributed by atoms with Gasteiger partial charge in [0.15, 0.2) is 0 Å². The van der Waals surface area contributed by atoms with E-state index < -0.39 is 29.2 Å². The Bertz CT molecular complexity index is 671. The molecule has 0 atom stereocenters. The largest absolute Gasteiger partial charge is 0.418 e. The molecule has 0 aliphatic rings. The minimum absolute atomic E-state index is 0.0970. The molecule has 1 aromatic carbocycles. The Morgan fingerprint density at radius 1 is 1.10 bits per heavy atom. The summed E-state index contributed by atoms with van der Waals surface area (Å²) < 4.78 is 51.4. The zero-order valence-electron chi connectivity index (χ0n) is 10.2. The maximum atomic E-state index is 12.8. The van der Waals surface area contributed by atoms with Crippen molar-refractivity contribution in [1.82, 2.24) is 4.98 Å². The van der Waals surface area contributed by atoms with Gasteiger partial charge in [0.25, 0.3) is 5.91 Å². The third-order valence-electron chi connectivity index (χ3n) is 2.48. The topological polar surface area (TPSA) is 42.0 Å². The molecule has 1 heterocycles. The van der Waals surface area contributed by atoms with Crippen LogP contribution in [0.3, 0.4) is 0 Å². The van der Waals surface area contributed by atoms with Crippen LogP contribution in [0.25, 0.3) is 0 Å². The number of aromatic nitrogens is 1. The first kappa shape index (κ1) is 15.4. The van der Waals surface area contributed by atoms with E-state index in [0.717, 1.165) is 24.3 Å². The Kier molecular flexibility index (Phi) is 4.26. The van der Waals surface area contributed by atoms with Crippen LogP contribution in [-0.2, 0) is 6.18 Å². The fourth-order valence-electron chi connectivity index (χ4n) is 1.56. The minimum atomic E-state index is -4.71. The predicted molar refractivity (Wildman–Crippen MR) is 71.3 cm³/mol. The van der Waals surface area contributed by atoms with Crippen molar-refractivity contribution < 1.29 is 22.4 Å². The summed E-state index contributed by atoms with van der Waals surface area (Å²) in [5.74, 6) is -1.56. The monoisotopic (exact) mass is 362 g/mol. The molecular weight excluding hydrogens is 356 g/mol. The Morgan fingerprint density at radius 3 is 2.29 bits per heavy atom. The summed E-state index contributed by atoms with van der Waals surface area (Å²) in [4.78, 5) is 15.5. The van der Waals surface area contributed by atoms with Gasteiger partial charge in [-0.2, -0.15) is 13.2 Å². The quantitative estimate of drug-likeness (QED) is 0.640. The zero-order valence-corrected chi connectivity index (χ0v) is 11.8. The van der Waals surface area contributed by atoms with Gasteiger partial charge in [0.05, 0.1) is 5.56 Å². The lowest BCUT2D eigenvalue weighted by Crippen LogP contribution is -2.20. The summed E-state index contributed by atoms with van der Waals surface area (Å²) in [5.41, 5.74) is -1.75. The summed E-state index contributed by atoms with van der Waals surface area (Å²) >= 11 is 2.92. The van der Waals surface area contributed by atoms with Crippen molar-refractivity contribution in [3.63, 3.8) is 0 Å². The number of amides is 1. The predicted octanol–water partition coefficient (Wildman–Crippen LogP) is 4.25. The normalized spacial score (nSPS) is 11.3. The standard InChI is InChI=1S/C13H7BrF4N2O/c14-10-6-5-9(13(16,17)18)11(20-10)12(21)19-8-3-1-7(15)2-4-8/h1-6H,(H,19,21). The van der Waals surface area contributed by atoms with E-state index in [-0.39, 0.29) is 10.3 Å². The van der Waals surface area contributed by atoms with Crippen molar-refractivity contribution in [2.45, 2.75) is 6.18 Å². The number of halogens is 5. The Labute approximate surface area is 125 Å². The second-order valence-corrected chi connectivity index (χ2v) is 4.80. The molecule has 8 heteroatoms. The molecule has 0 radical (unpaired) electrons. The van der Waals surface area contributed by atoms with Gasteiger partial charge in [-0.15, -0.1) is 0 Å². The van der Waals surface area contributed by atoms with Crippen LogP contribution in [0.2, 0.25) is 0 Å². The highest BCUT2D eigenvalue weighted by Crippen LogP contribution is 2.32. The van der Waals surface area contributed by atoms with E-state index in [9.17, 15) is 22.4 Å². The second-order valence-electron chi connectivity index (χ2n) is 3.99. The van der Waals surface area contributed by atoms with Crippen LogP contribution >= 0.6 is 15.9 Å². The molecule has 110 valence electrons. The maximum Gasteiger partial charge on any atom is 0.418 e. The van der Waals surface area contributed by atoms with E-state index in [1.165, 1.54) is 12.1 Å². The van der Waals surface area contributed by atoms with E-state index >= 15 is 0 Å². The fourth-order valence-corrected chi connectivity index (χ4v) is 1.87. The molecule has 2 rings (SSSR count). The summed E-state index contributed by atoms with van der Waals surface area (Å²) in [7, 11) is 0. The Balaban J connectivity index is 2.34. The molecule has 0 unspecified atom stereocenters. The molecule has 1 aromatic heterocycles. The first-order valence-electron chi connectivity index (χ1n) is 5.58. The molecule has 0 saturated carbocycles. The van der Waals surface area contributed by atoms with Crippen molar-refractivity contribution >= 4 is 27.5 Å². The van der Waals surface area contributed by atoms with Crippen LogP contribution in [0.1, 0.15) is 16.1 Å². The number of benzene rings is 1. The number of nitrogens with one attached hydrogen (secondary N) is 1. The van der Waals surface area contributed by atoms with Crippen molar-refractivity contribution in [1.29, 1.82) is 0 Å². The van der Waals surface area contributed by atoms with Crippen molar-refractivity contribution in [3.05, 3.63) is 58.1 Å². The number of hydrogen-bond donors (Lipinski definition) is 1. The first-order chi connectivity index (χ1) is 9.77. The lowest BCUT2D eigenvalue weighted by atomic mass is 10.1. The summed E-state index contributed by atoms with van der Waals surface area (Å²) in [6.07, 6.45) is -4.71. The van der Waals surface area contributed by atoms with E-state index in [2.05, 4.69) is 26.2 Å². The molecule has 2 aromatic rings. The Morgan fingerprint density at radius 2 is 1.71 bits per heavy atom. The fraction of sp³-hybridized carbons (Fsp3) is 0.0769. The van der Waals surface area contributed by atoms with Gasteiger partial charge in [-0.25, -0.2) is 9.37 Å². The molecule has 1 N–H and O–H groups in total. The highest BCUT2D eigenvalue weighted by Gasteiger charge is 2.36. The molecule has 0 fully saturated rings. The van der Waals surface area contributed by atoms with E-state index in [0.29, 0.717) is 0 Å². The van der Waals surface area contributed by atoms with Crippen LogP contribution in [0.4, 0.5) is 23.2 Å². The molecule has 1 amide bonds. The first-order valence-corrected chi connectivity index (χ1v) is 6.37. The lowest BCUT2D eigenvalue weighted by molar-refractivity contribution is -0.138. The number of carbonyl (C=O) groups excluding carboxylic acids is 1. The number of nitrogens with zero attached hydrogens (tertiary/aromatic N) is 1. The molecule has 0 spiro atoms. The average Bonchev–Trinajstić information content (AvgIpc) is 2.40. The van der Waals surface area contributed by atoms with E-state index in [1.807, 2.05) is 0 Å². The van der Waals surface area contributed by atoms with Gasteiger partial charge >= 0.3 is 6.18 Å². The Hall–Kier alpha value is -1.96. The van der Waals surface area contributed by atoms with Crippen molar-refractivity contribution in [3.8, 4) is 0 Å². The molecule has 21 heavy (non-hydrogen) atoms. The third kappa shape index (κ3) is 3.78. The van der Waals surface area contributed by atoms with Crippen molar-refractivity contribution in [2.24, 2.45) is 0 Å². The van der Waals surface area contributed by atoms with E-state index in [4.69, 9.17) is 0 Å². The van der Waals surface area contributed by atoms with Gasteiger partial charge in [0.1, 0.15) is 16.1 Å². The van der Waals surface area contributed by atoms with Gasteiger partial charge in [-0.3, -0.25) is 4.79 Å². The minimum Gasteiger partial charge on any atom is -0.321 e.